The third-order valence-electron chi connectivity index (χ3n) is 7.40. The maximum Gasteiger partial charge on any atom is 0.416 e. The summed E-state index contributed by atoms with van der Waals surface area (Å²) >= 11 is 0. The molecule has 5 rings (SSSR count). The van der Waals surface area contributed by atoms with Gasteiger partial charge in [-0.1, -0.05) is 48.5 Å². The monoisotopic (exact) mass is 582 g/mol. The number of nitrogens with zero attached hydrogens (tertiary/aromatic N) is 4. The summed E-state index contributed by atoms with van der Waals surface area (Å²) in [6, 6.07) is 18.9. The second-order valence-electron chi connectivity index (χ2n) is 10.2. The molecule has 1 saturated heterocycles. The molecule has 1 atom stereocenters. The van der Waals surface area contributed by atoms with Gasteiger partial charge in [0.2, 0.25) is 0 Å². The van der Waals surface area contributed by atoms with Crippen LogP contribution in [0.4, 0.5) is 17.6 Å². The van der Waals surface area contributed by atoms with Gasteiger partial charge >= 0.3 is 6.18 Å². The number of carbonyl (C=O) groups excluding carboxylic acids is 2. The van der Waals surface area contributed by atoms with Crippen molar-refractivity contribution in [2.75, 3.05) is 45.9 Å². The highest BCUT2D eigenvalue weighted by molar-refractivity contribution is 6.04. The van der Waals surface area contributed by atoms with Crippen molar-refractivity contribution in [2.45, 2.75) is 18.6 Å². The molecule has 2 aliphatic heterocycles. The number of carbonyl (C=O) groups is 2. The molecule has 0 aromatic heterocycles. The van der Waals surface area contributed by atoms with Crippen LogP contribution in [0.5, 0.6) is 0 Å². The quantitative estimate of drug-likeness (QED) is 0.351. The Balaban J connectivity index is 1.41. The second-order valence-corrected chi connectivity index (χ2v) is 10.2. The Labute approximate surface area is 241 Å². The van der Waals surface area contributed by atoms with Gasteiger partial charge in [-0.25, -0.2) is 9.40 Å². The molecule has 2 amide bonds. The number of halogens is 4. The molecule has 0 saturated carbocycles. The van der Waals surface area contributed by atoms with Gasteiger partial charge in [0.15, 0.2) is 0 Å². The second kappa shape index (κ2) is 12.8. The number of alkyl halides is 3. The van der Waals surface area contributed by atoms with Crippen LogP contribution in [-0.2, 0) is 15.7 Å². The van der Waals surface area contributed by atoms with E-state index >= 15 is 0 Å². The number of hydrogen-bond donors (Lipinski definition) is 0. The number of hydrogen-bond acceptors (Lipinski definition) is 5. The lowest BCUT2D eigenvalue weighted by Gasteiger charge is -2.31. The largest absolute Gasteiger partial charge is 0.416 e. The summed E-state index contributed by atoms with van der Waals surface area (Å²) in [6.07, 6.45) is -4.26. The van der Waals surface area contributed by atoms with E-state index in [4.69, 9.17) is 4.74 Å². The van der Waals surface area contributed by atoms with Gasteiger partial charge in [-0.15, -0.1) is 0 Å². The van der Waals surface area contributed by atoms with Crippen molar-refractivity contribution in [3.63, 3.8) is 0 Å². The van der Waals surface area contributed by atoms with Crippen molar-refractivity contribution in [2.24, 2.45) is 5.10 Å². The molecule has 11 heteroatoms. The summed E-state index contributed by atoms with van der Waals surface area (Å²) in [7, 11) is 0. The lowest BCUT2D eigenvalue weighted by molar-refractivity contribution is -0.137. The molecular formula is C31H30F4N4O3. The van der Waals surface area contributed by atoms with Gasteiger partial charge in [0, 0.05) is 43.7 Å². The minimum Gasteiger partial charge on any atom is -0.379 e. The summed E-state index contributed by atoms with van der Waals surface area (Å²) in [5.74, 6) is -1.52. The first-order valence-electron chi connectivity index (χ1n) is 13.7. The fourth-order valence-corrected chi connectivity index (χ4v) is 5.09. The molecular weight excluding hydrogens is 552 g/mol. The SMILES string of the molecule is O=C(c1ccc(C(F)(F)F)cc1)N(CCN1CCOCC1)CC(=O)N1N=C(c2ccccc2F)CC1c1ccccc1. The zero-order valence-electron chi connectivity index (χ0n) is 22.8. The third-order valence-corrected chi connectivity index (χ3v) is 7.40. The van der Waals surface area contributed by atoms with E-state index in [0.29, 0.717) is 44.1 Å². The van der Waals surface area contributed by atoms with E-state index in [1.807, 2.05) is 30.3 Å². The Morgan fingerprint density at radius 1 is 0.929 bits per heavy atom. The van der Waals surface area contributed by atoms with Gasteiger partial charge in [-0.2, -0.15) is 18.3 Å². The molecule has 1 unspecified atom stereocenters. The van der Waals surface area contributed by atoms with Crippen LogP contribution >= 0.6 is 0 Å². The van der Waals surface area contributed by atoms with Crippen LogP contribution in [0, 0.1) is 5.82 Å². The first-order chi connectivity index (χ1) is 20.2. The third kappa shape index (κ3) is 6.85. The van der Waals surface area contributed by atoms with Gasteiger partial charge in [0.05, 0.1) is 30.5 Å². The van der Waals surface area contributed by atoms with Crippen LogP contribution in [0.25, 0.3) is 0 Å². The van der Waals surface area contributed by atoms with Crippen LogP contribution in [0.2, 0.25) is 0 Å². The summed E-state index contributed by atoms with van der Waals surface area (Å²) in [6.45, 7) is 2.68. The topological polar surface area (TPSA) is 65.5 Å². The Bertz CT molecular complexity index is 1420. The normalized spacial score (nSPS) is 17.7. The van der Waals surface area contributed by atoms with E-state index < -0.39 is 35.4 Å². The molecule has 0 radical (unpaired) electrons. The number of rotatable bonds is 8. The van der Waals surface area contributed by atoms with Crippen LogP contribution in [0.1, 0.15) is 39.5 Å². The van der Waals surface area contributed by atoms with Crippen molar-refractivity contribution in [1.29, 1.82) is 0 Å². The number of morpholine rings is 1. The van der Waals surface area contributed by atoms with Crippen LogP contribution < -0.4 is 0 Å². The van der Waals surface area contributed by atoms with Gasteiger partial charge in [-0.05, 0) is 35.9 Å². The molecule has 0 aliphatic carbocycles. The standard InChI is InChI=1S/C31H30F4N4O3/c32-26-9-5-4-8-25(26)27-20-28(22-6-2-1-3-7-22)39(36-27)29(40)21-38(15-14-37-16-18-42-19-17-37)30(41)23-10-12-24(13-11-23)31(33,34)35/h1-13,28H,14-21H2. The molecule has 2 aliphatic rings. The fraction of sp³-hybridized carbons (Fsp3) is 0.323. The smallest absolute Gasteiger partial charge is 0.379 e. The van der Waals surface area contributed by atoms with Crippen LogP contribution in [0.15, 0.2) is 84.0 Å². The van der Waals surface area contributed by atoms with Crippen molar-refractivity contribution in [1.82, 2.24) is 14.8 Å². The first kappa shape index (κ1) is 29.4. The minimum absolute atomic E-state index is 0.0364. The molecule has 0 N–H and O–H groups in total. The highest BCUT2D eigenvalue weighted by Crippen LogP contribution is 2.34. The summed E-state index contributed by atoms with van der Waals surface area (Å²) in [5, 5.41) is 5.81. The Morgan fingerprint density at radius 2 is 1.60 bits per heavy atom. The molecule has 220 valence electrons. The van der Waals surface area contributed by atoms with E-state index in [9.17, 15) is 27.2 Å². The van der Waals surface area contributed by atoms with E-state index in [0.717, 1.165) is 29.8 Å². The van der Waals surface area contributed by atoms with Crippen molar-refractivity contribution in [3.05, 3.63) is 107 Å². The summed E-state index contributed by atoms with van der Waals surface area (Å²) in [5.41, 5.74) is 0.667. The van der Waals surface area contributed by atoms with Crippen molar-refractivity contribution in [3.8, 4) is 0 Å². The molecule has 2 heterocycles. The van der Waals surface area contributed by atoms with E-state index in [1.54, 1.807) is 18.2 Å². The lowest BCUT2D eigenvalue weighted by atomic mass is 9.98. The highest BCUT2D eigenvalue weighted by Gasteiger charge is 2.35. The summed E-state index contributed by atoms with van der Waals surface area (Å²) < 4.78 is 59.4. The van der Waals surface area contributed by atoms with Crippen LogP contribution in [0.3, 0.4) is 0 Å². The van der Waals surface area contributed by atoms with Gasteiger partial charge in [0.1, 0.15) is 12.4 Å². The zero-order valence-corrected chi connectivity index (χ0v) is 22.8. The number of ether oxygens (including phenoxy) is 1. The van der Waals surface area contributed by atoms with E-state index in [1.165, 1.54) is 16.0 Å². The zero-order chi connectivity index (χ0) is 29.7. The maximum atomic E-state index is 14.7. The van der Waals surface area contributed by atoms with E-state index in [2.05, 4.69) is 10.0 Å². The van der Waals surface area contributed by atoms with Crippen LogP contribution in [-0.4, -0.2) is 78.3 Å². The first-order valence-corrected chi connectivity index (χ1v) is 13.7. The minimum atomic E-state index is -4.54. The van der Waals surface area contributed by atoms with E-state index in [-0.39, 0.29) is 25.1 Å². The lowest BCUT2D eigenvalue weighted by Crippen LogP contribution is -2.46. The molecule has 3 aromatic carbocycles. The Morgan fingerprint density at radius 3 is 2.26 bits per heavy atom. The number of amides is 2. The average molecular weight is 583 g/mol. The van der Waals surface area contributed by atoms with Gasteiger partial charge in [-0.3, -0.25) is 14.5 Å². The molecule has 3 aromatic rings. The number of hydrazone groups is 1. The summed E-state index contributed by atoms with van der Waals surface area (Å²) in [4.78, 5) is 30.8. The molecule has 1 fully saturated rings. The number of benzene rings is 3. The molecule has 42 heavy (non-hydrogen) atoms. The maximum absolute atomic E-state index is 14.7. The van der Waals surface area contributed by atoms with Gasteiger partial charge in [0.25, 0.3) is 11.8 Å². The van der Waals surface area contributed by atoms with Gasteiger partial charge < -0.3 is 9.64 Å². The predicted octanol–water partition coefficient (Wildman–Crippen LogP) is 5.00. The molecule has 0 spiro atoms. The highest BCUT2D eigenvalue weighted by atomic mass is 19.4. The Kier molecular flexibility index (Phi) is 8.98. The van der Waals surface area contributed by atoms with Crippen molar-refractivity contribution < 1.29 is 31.9 Å². The molecule has 7 nitrogen and oxygen atoms in total. The fourth-order valence-electron chi connectivity index (χ4n) is 5.09. The Hall–Kier alpha value is -4.09. The molecule has 0 bridgehead atoms. The average Bonchev–Trinajstić information content (AvgIpc) is 3.45. The van der Waals surface area contributed by atoms with Crippen molar-refractivity contribution >= 4 is 17.5 Å². The predicted molar refractivity (Wildman–Crippen MR) is 148 cm³/mol.